The fourth-order valence-corrected chi connectivity index (χ4v) is 3.59. The van der Waals surface area contributed by atoms with Crippen molar-refractivity contribution in [1.29, 1.82) is 0 Å². The molecule has 2 N–H and O–H groups in total. The van der Waals surface area contributed by atoms with Crippen molar-refractivity contribution in [2.45, 2.75) is 36.7 Å². The van der Waals surface area contributed by atoms with Gasteiger partial charge in [0.2, 0.25) is 5.91 Å². The summed E-state index contributed by atoms with van der Waals surface area (Å²) < 4.78 is 13.6. The van der Waals surface area contributed by atoms with E-state index in [9.17, 15) is 9.59 Å². The monoisotopic (exact) mass is 415 g/mol. The van der Waals surface area contributed by atoms with Gasteiger partial charge in [-0.1, -0.05) is 30.0 Å². The molecule has 152 valence electrons. The van der Waals surface area contributed by atoms with Gasteiger partial charge >= 0.3 is 6.03 Å². The van der Waals surface area contributed by atoms with Crippen LogP contribution < -0.4 is 20.1 Å². The molecule has 1 aliphatic heterocycles. The Kier molecular flexibility index (Phi) is 5.70. The second kappa shape index (κ2) is 8.56. The van der Waals surface area contributed by atoms with Crippen LogP contribution in [0.25, 0.3) is 0 Å². The number of benzene rings is 1. The van der Waals surface area contributed by atoms with Crippen LogP contribution in [0, 0.1) is 0 Å². The van der Waals surface area contributed by atoms with Crippen LogP contribution in [0.1, 0.15) is 24.8 Å². The van der Waals surface area contributed by atoms with Crippen LogP contribution in [0.3, 0.4) is 0 Å². The van der Waals surface area contributed by atoms with Crippen LogP contribution in [-0.4, -0.2) is 45.1 Å². The van der Waals surface area contributed by atoms with Crippen molar-refractivity contribution in [2.75, 3.05) is 12.4 Å². The summed E-state index contributed by atoms with van der Waals surface area (Å²) in [5, 5.41) is 14.0. The zero-order chi connectivity index (χ0) is 20.2. The smallest absolute Gasteiger partial charge is 0.321 e. The number of ether oxygens (including phenoxy) is 2. The molecule has 0 spiro atoms. The van der Waals surface area contributed by atoms with E-state index in [4.69, 9.17) is 9.47 Å². The van der Waals surface area contributed by atoms with Gasteiger partial charge in [-0.15, -0.1) is 16.8 Å². The van der Waals surface area contributed by atoms with Gasteiger partial charge in [-0.2, -0.15) is 0 Å². The average Bonchev–Trinajstić information content (AvgIpc) is 3.44. The van der Waals surface area contributed by atoms with Crippen molar-refractivity contribution in [1.82, 2.24) is 25.4 Å². The van der Waals surface area contributed by atoms with Gasteiger partial charge in [-0.3, -0.25) is 14.7 Å². The predicted octanol–water partition coefficient (Wildman–Crippen LogP) is 2.06. The van der Waals surface area contributed by atoms with Gasteiger partial charge in [0.25, 0.3) is 0 Å². The zero-order valence-electron chi connectivity index (χ0n) is 15.7. The SMILES string of the molecule is C=CCn1c(SCC(=O)NC(=O)NC2CC2)nnc1[C@H]1COc2ccccc2O1. The largest absolute Gasteiger partial charge is 0.485 e. The van der Waals surface area contributed by atoms with E-state index in [1.54, 1.807) is 6.08 Å². The summed E-state index contributed by atoms with van der Waals surface area (Å²) in [7, 11) is 0. The first-order chi connectivity index (χ1) is 14.1. The first-order valence-corrected chi connectivity index (χ1v) is 10.3. The van der Waals surface area contributed by atoms with Gasteiger partial charge in [0.1, 0.15) is 6.61 Å². The standard InChI is InChI=1S/C19H21N5O4S/c1-2-9-24-17(15-10-27-13-5-3-4-6-14(13)28-15)22-23-19(24)29-11-16(25)21-18(26)20-12-7-8-12/h2-6,12,15H,1,7-11H2,(H2,20,21,25,26)/t15-/m1/s1. The Morgan fingerprint density at radius 2 is 2.07 bits per heavy atom. The summed E-state index contributed by atoms with van der Waals surface area (Å²) in [4.78, 5) is 23.7. The Balaban J connectivity index is 1.40. The van der Waals surface area contributed by atoms with Gasteiger partial charge < -0.3 is 14.8 Å². The van der Waals surface area contributed by atoms with E-state index in [1.807, 2.05) is 28.8 Å². The van der Waals surface area contributed by atoms with Gasteiger partial charge in [0.05, 0.1) is 5.75 Å². The third-order valence-electron chi connectivity index (χ3n) is 4.35. The second-order valence-electron chi connectivity index (χ2n) is 6.69. The van der Waals surface area contributed by atoms with E-state index in [2.05, 4.69) is 27.4 Å². The molecule has 1 saturated carbocycles. The summed E-state index contributed by atoms with van der Waals surface area (Å²) in [5.74, 6) is 1.57. The normalized spacial score (nSPS) is 17.4. The molecule has 2 heterocycles. The molecule has 0 saturated heterocycles. The molecule has 9 nitrogen and oxygen atoms in total. The number of amides is 3. The maximum absolute atomic E-state index is 12.0. The summed E-state index contributed by atoms with van der Waals surface area (Å²) in [6, 6.07) is 7.17. The second-order valence-corrected chi connectivity index (χ2v) is 7.63. The lowest BCUT2D eigenvalue weighted by atomic mass is 10.2. The Morgan fingerprint density at radius 3 is 2.83 bits per heavy atom. The number of nitrogens with zero attached hydrogens (tertiary/aromatic N) is 3. The Morgan fingerprint density at radius 1 is 1.28 bits per heavy atom. The maximum Gasteiger partial charge on any atom is 0.321 e. The van der Waals surface area contributed by atoms with Crippen LogP contribution in [0.4, 0.5) is 4.79 Å². The zero-order valence-corrected chi connectivity index (χ0v) is 16.5. The first kappa shape index (κ1) is 19.3. The minimum atomic E-state index is -0.460. The molecule has 10 heteroatoms. The maximum atomic E-state index is 12.0. The number of hydrogen-bond donors (Lipinski definition) is 2. The van der Waals surface area contributed by atoms with Crippen molar-refractivity contribution in [3.63, 3.8) is 0 Å². The molecule has 29 heavy (non-hydrogen) atoms. The minimum Gasteiger partial charge on any atom is -0.485 e. The molecular formula is C19H21N5O4S. The molecule has 0 radical (unpaired) electrons. The number of nitrogens with one attached hydrogen (secondary N) is 2. The van der Waals surface area contributed by atoms with E-state index in [1.165, 1.54) is 11.8 Å². The molecule has 4 rings (SSSR count). The van der Waals surface area contributed by atoms with E-state index in [-0.39, 0.29) is 11.8 Å². The number of urea groups is 1. The van der Waals surface area contributed by atoms with Crippen molar-refractivity contribution in [3.05, 3.63) is 42.7 Å². The van der Waals surface area contributed by atoms with Crippen LogP contribution in [0.2, 0.25) is 0 Å². The van der Waals surface area contributed by atoms with Crippen molar-refractivity contribution in [3.8, 4) is 11.5 Å². The van der Waals surface area contributed by atoms with Gasteiger partial charge in [-0.05, 0) is 25.0 Å². The van der Waals surface area contributed by atoms with Crippen LogP contribution >= 0.6 is 11.8 Å². The van der Waals surface area contributed by atoms with E-state index < -0.39 is 18.0 Å². The highest BCUT2D eigenvalue weighted by atomic mass is 32.2. The molecule has 2 aromatic rings. The van der Waals surface area contributed by atoms with Crippen molar-refractivity contribution >= 4 is 23.7 Å². The number of rotatable bonds is 7. The number of allylic oxidation sites excluding steroid dienone is 1. The number of aromatic nitrogens is 3. The minimum absolute atomic E-state index is 0.0399. The van der Waals surface area contributed by atoms with E-state index >= 15 is 0 Å². The average molecular weight is 415 g/mol. The molecule has 1 aromatic carbocycles. The highest BCUT2D eigenvalue weighted by Gasteiger charge is 2.28. The predicted molar refractivity (Wildman–Crippen MR) is 106 cm³/mol. The van der Waals surface area contributed by atoms with Crippen LogP contribution in [0.5, 0.6) is 11.5 Å². The van der Waals surface area contributed by atoms with Gasteiger partial charge in [-0.25, -0.2) is 4.79 Å². The third-order valence-corrected chi connectivity index (χ3v) is 5.32. The summed E-state index contributed by atoms with van der Waals surface area (Å²) in [6.07, 6.45) is 3.21. The number of carbonyl (C=O) groups is 2. The summed E-state index contributed by atoms with van der Waals surface area (Å²) in [6.45, 7) is 4.54. The lowest BCUT2D eigenvalue weighted by Gasteiger charge is -2.26. The van der Waals surface area contributed by atoms with Crippen LogP contribution in [-0.2, 0) is 11.3 Å². The van der Waals surface area contributed by atoms with Crippen molar-refractivity contribution < 1.29 is 19.1 Å². The molecule has 3 amide bonds. The lowest BCUT2D eigenvalue weighted by Crippen LogP contribution is -2.41. The molecule has 0 unspecified atom stereocenters. The third kappa shape index (κ3) is 4.70. The molecular weight excluding hydrogens is 394 g/mol. The Hall–Kier alpha value is -3.01. The number of imide groups is 1. The Bertz CT molecular complexity index is 927. The quantitative estimate of drug-likeness (QED) is 0.526. The topological polar surface area (TPSA) is 107 Å². The molecule has 1 fully saturated rings. The molecule has 1 aromatic heterocycles. The van der Waals surface area contributed by atoms with E-state index in [0.29, 0.717) is 35.6 Å². The number of carbonyl (C=O) groups excluding carboxylic acids is 2. The molecule has 1 aliphatic carbocycles. The molecule has 2 aliphatic rings. The lowest BCUT2D eigenvalue weighted by molar-refractivity contribution is -0.117. The van der Waals surface area contributed by atoms with E-state index in [0.717, 1.165) is 12.8 Å². The molecule has 0 bridgehead atoms. The number of fused-ring (bicyclic) bond motifs is 1. The molecule has 1 atom stereocenters. The van der Waals surface area contributed by atoms with Crippen LogP contribution in [0.15, 0.2) is 42.1 Å². The van der Waals surface area contributed by atoms with Gasteiger partial charge in [0, 0.05) is 12.6 Å². The first-order valence-electron chi connectivity index (χ1n) is 9.29. The highest BCUT2D eigenvalue weighted by Crippen LogP contribution is 2.36. The Labute approximate surface area is 171 Å². The fraction of sp³-hybridized carbons (Fsp3) is 0.368. The number of para-hydroxylation sites is 2. The number of hydrogen-bond acceptors (Lipinski definition) is 7. The number of thioether (sulfide) groups is 1. The summed E-state index contributed by atoms with van der Waals surface area (Å²) >= 11 is 1.20. The fourth-order valence-electron chi connectivity index (χ4n) is 2.83. The van der Waals surface area contributed by atoms with Crippen molar-refractivity contribution in [2.24, 2.45) is 0 Å². The van der Waals surface area contributed by atoms with Gasteiger partial charge in [0.15, 0.2) is 28.6 Å². The summed E-state index contributed by atoms with van der Waals surface area (Å²) in [5.41, 5.74) is 0. The highest BCUT2D eigenvalue weighted by molar-refractivity contribution is 7.99.